The molecule has 1 aromatic rings. The molecule has 2 unspecified atom stereocenters. The van der Waals surface area contributed by atoms with Crippen LogP contribution in [0.15, 0.2) is 24.3 Å². The van der Waals surface area contributed by atoms with Crippen LogP contribution in [0.5, 0.6) is 0 Å². The van der Waals surface area contributed by atoms with Crippen LogP contribution < -0.4 is 10.6 Å². The lowest BCUT2D eigenvalue weighted by molar-refractivity contribution is 0.218. The van der Waals surface area contributed by atoms with Crippen molar-refractivity contribution in [3.63, 3.8) is 0 Å². The van der Waals surface area contributed by atoms with Gasteiger partial charge in [0, 0.05) is 24.2 Å². The van der Waals surface area contributed by atoms with Crippen molar-refractivity contribution in [1.29, 1.82) is 0 Å². The van der Waals surface area contributed by atoms with Crippen molar-refractivity contribution in [1.82, 2.24) is 5.32 Å². The first kappa shape index (κ1) is 11.1. The number of para-hydroxylation sites is 1. The highest BCUT2D eigenvalue weighted by atomic mass is 15.0. The van der Waals surface area contributed by atoms with Crippen molar-refractivity contribution in [3.8, 4) is 0 Å². The minimum atomic E-state index is 0.329. The summed E-state index contributed by atoms with van der Waals surface area (Å²) in [6.45, 7) is 7.12. The van der Waals surface area contributed by atoms with Gasteiger partial charge in [-0.15, -0.1) is 0 Å². The van der Waals surface area contributed by atoms with Crippen LogP contribution in [0.3, 0.4) is 0 Å². The van der Waals surface area contributed by atoms with Crippen LogP contribution in [-0.2, 0) is 0 Å². The summed E-state index contributed by atoms with van der Waals surface area (Å²) in [5.41, 5.74) is 3.17. The SMILES string of the molecule is CC(C)(C1CCCN1)C1CNc2ccccc21. The summed E-state index contributed by atoms with van der Waals surface area (Å²) in [6.07, 6.45) is 2.65. The second-order valence-corrected chi connectivity index (χ2v) is 5.99. The van der Waals surface area contributed by atoms with Gasteiger partial charge in [0.25, 0.3) is 0 Å². The summed E-state index contributed by atoms with van der Waals surface area (Å²) < 4.78 is 0. The van der Waals surface area contributed by atoms with E-state index >= 15 is 0 Å². The molecular formula is C15H22N2. The molecule has 1 aromatic carbocycles. The van der Waals surface area contributed by atoms with Crippen LogP contribution in [0, 0.1) is 5.41 Å². The van der Waals surface area contributed by atoms with E-state index in [1.807, 2.05) is 0 Å². The van der Waals surface area contributed by atoms with Gasteiger partial charge in [-0.1, -0.05) is 32.0 Å². The maximum absolute atomic E-state index is 3.68. The topological polar surface area (TPSA) is 24.1 Å². The summed E-state index contributed by atoms with van der Waals surface area (Å²) in [6, 6.07) is 9.44. The average Bonchev–Trinajstić information content (AvgIpc) is 2.99. The molecule has 1 saturated heterocycles. The molecule has 2 heteroatoms. The molecule has 2 nitrogen and oxygen atoms in total. The number of benzene rings is 1. The van der Waals surface area contributed by atoms with Crippen molar-refractivity contribution < 1.29 is 0 Å². The third-order valence-electron chi connectivity index (χ3n) is 4.69. The Morgan fingerprint density at radius 1 is 1.24 bits per heavy atom. The lowest BCUT2D eigenvalue weighted by atomic mass is 9.70. The summed E-state index contributed by atoms with van der Waals surface area (Å²) in [5, 5.41) is 7.23. The highest BCUT2D eigenvalue weighted by Gasteiger charge is 2.41. The van der Waals surface area contributed by atoms with Gasteiger partial charge in [0.2, 0.25) is 0 Å². The van der Waals surface area contributed by atoms with Crippen molar-refractivity contribution in [3.05, 3.63) is 29.8 Å². The monoisotopic (exact) mass is 230 g/mol. The molecule has 0 amide bonds. The predicted molar refractivity (Wildman–Crippen MR) is 72.5 cm³/mol. The highest BCUT2D eigenvalue weighted by Crippen LogP contribution is 2.46. The average molecular weight is 230 g/mol. The molecule has 17 heavy (non-hydrogen) atoms. The standard InChI is InChI=1S/C15H22N2/c1-15(2,14-8-5-9-16-14)12-10-17-13-7-4-3-6-11(12)13/h3-4,6-7,12,14,16-17H,5,8-10H2,1-2H3. The first-order chi connectivity index (χ1) is 8.19. The van der Waals surface area contributed by atoms with E-state index in [1.165, 1.54) is 30.6 Å². The van der Waals surface area contributed by atoms with Crippen LogP contribution in [0.1, 0.15) is 38.2 Å². The maximum atomic E-state index is 3.68. The van der Waals surface area contributed by atoms with Gasteiger partial charge in [-0.3, -0.25) is 0 Å². The van der Waals surface area contributed by atoms with Crippen molar-refractivity contribution in [2.24, 2.45) is 5.41 Å². The predicted octanol–water partition coefficient (Wildman–Crippen LogP) is 2.97. The minimum Gasteiger partial charge on any atom is -0.384 e. The molecular weight excluding hydrogens is 208 g/mol. The largest absolute Gasteiger partial charge is 0.384 e. The zero-order valence-corrected chi connectivity index (χ0v) is 10.8. The summed E-state index contributed by atoms with van der Waals surface area (Å²) in [5.74, 6) is 0.634. The van der Waals surface area contributed by atoms with Crippen LogP contribution in [0.2, 0.25) is 0 Å². The molecule has 0 aromatic heterocycles. The molecule has 0 saturated carbocycles. The number of hydrogen-bond acceptors (Lipinski definition) is 2. The summed E-state index contributed by atoms with van der Waals surface area (Å²) in [4.78, 5) is 0. The molecule has 0 bridgehead atoms. The second-order valence-electron chi connectivity index (χ2n) is 5.99. The van der Waals surface area contributed by atoms with Crippen LogP contribution in [-0.4, -0.2) is 19.1 Å². The number of hydrogen-bond donors (Lipinski definition) is 2. The number of nitrogens with one attached hydrogen (secondary N) is 2. The van der Waals surface area contributed by atoms with Crippen LogP contribution in [0.25, 0.3) is 0 Å². The smallest absolute Gasteiger partial charge is 0.0376 e. The van der Waals surface area contributed by atoms with E-state index in [0.29, 0.717) is 17.4 Å². The van der Waals surface area contributed by atoms with Gasteiger partial charge < -0.3 is 10.6 Å². The van der Waals surface area contributed by atoms with Gasteiger partial charge in [-0.05, 0) is 36.4 Å². The first-order valence-electron chi connectivity index (χ1n) is 6.76. The van der Waals surface area contributed by atoms with Gasteiger partial charge in [0.15, 0.2) is 0 Å². The number of fused-ring (bicyclic) bond motifs is 1. The van der Waals surface area contributed by atoms with E-state index in [9.17, 15) is 0 Å². The van der Waals surface area contributed by atoms with Crippen molar-refractivity contribution in [2.45, 2.75) is 38.6 Å². The fourth-order valence-corrected chi connectivity index (χ4v) is 3.51. The highest BCUT2D eigenvalue weighted by molar-refractivity contribution is 5.58. The van der Waals surface area contributed by atoms with E-state index in [0.717, 1.165) is 6.54 Å². The molecule has 3 rings (SSSR count). The van der Waals surface area contributed by atoms with Crippen LogP contribution in [0.4, 0.5) is 5.69 Å². The fourth-order valence-electron chi connectivity index (χ4n) is 3.51. The van der Waals surface area contributed by atoms with Crippen molar-refractivity contribution in [2.75, 3.05) is 18.4 Å². The van der Waals surface area contributed by atoms with E-state index < -0.39 is 0 Å². The Labute approximate surface area is 104 Å². The van der Waals surface area contributed by atoms with Crippen molar-refractivity contribution >= 4 is 5.69 Å². The molecule has 2 N–H and O–H groups in total. The van der Waals surface area contributed by atoms with E-state index in [1.54, 1.807) is 0 Å². The lowest BCUT2D eigenvalue weighted by Crippen LogP contribution is -2.42. The van der Waals surface area contributed by atoms with Gasteiger partial charge in [0.1, 0.15) is 0 Å². The summed E-state index contributed by atoms with van der Waals surface area (Å²) >= 11 is 0. The van der Waals surface area contributed by atoms with Gasteiger partial charge in [-0.2, -0.15) is 0 Å². The summed E-state index contributed by atoms with van der Waals surface area (Å²) in [7, 11) is 0. The third-order valence-corrected chi connectivity index (χ3v) is 4.69. The second kappa shape index (κ2) is 4.02. The Morgan fingerprint density at radius 3 is 2.82 bits per heavy atom. The van der Waals surface area contributed by atoms with Crippen LogP contribution >= 0.6 is 0 Å². The quantitative estimate of drug-likeness (QED) is 0.816. The Morgan fingerprint density at radius 2 is 2.06 bits per heavy atom. The number of anilines is 1. The number of rotatable bonds is 2. The van der Waals surface area contributed by atoms with Gasteiger partial charge in [-0.25, -0.2) is 0 Å². The van der Waals surface area contributed by atoms with E-state index in [-0.39, 0.29) is 0 Å². The molecule has 1 fully saturated rings. The van der Waals surface area contributed by atoms with Gasteiger partial charge in [0.05, 0.1) is 0 Å². The minimum absolute atomic E-state index is 0.329. The Hall–Kier alpha value is -1.02. The Balaban J connectivity index is 1.90. The molecule has 2 atom stereocenters. The molecule has 2 aliphatic heterocycles. The molecule has 0 spiro atoms. The first-order valence-corrected chi connectivity index (χ1v) is 6.76. The Bertz CT molecular complexity index is 405. The fraction of sp³-hybridized carbons (Fsp3) is 0.600. The zero-order valence-electron chi connectivity index (χ0n) is 10.8. The molecule has 0 aliphatic carbocycles. The maximum Gasteiger partial charge on any atom is 0.0376 e. The van der Waals surface area contributed by atoms with E-state index in [2.05, 4.69) is 48.7 Å². The zero-order chi connectivity index (χ0) is 11.9. The lowest BCUT2D eigenvalue weighted by Gasteiger charge is -2.37. The molecule has 0 radical (unpaired) electrons. The van der Waals surface area contributed by atoms with Gasteiger partial charge >= 0.3 is 0 Å². The third kappa shape index (κ3) is 1.75. The normalized spacial score (nSPS) is 27.9. The Kier molecular flexibility index (Phi) is 2.62. The molecule has 2 heterocycles. The molecule has 2 aliphatic rings. The molecule has 92 valence electrons. The van der Waals surface area contributed by atoms with E-state index in [4.69, 9.17) is 0 Å².